The van der Waals surface area contributed by atoms with E-state index in [1.807, 2.05) is 0 Å². The lowest BCUT2D eigenvalue weighted by Crippen LogP contribution is -2.47. The smallest absolute Gasteiger partial charge is 0.407 e. The molecule has 6 rings (SSSR count). The Morgan fingerprint density at radius 3 is 1.85 bits per heavy atom. The standard InChI is InChI=1S/C31H45N7O8/c39-27-23-26(32-17-33-27)38(18-34-23)28-25(46-31(42)37-21-14-8-3-9-15-21)24(45-30(41)36-20-12-6-2-7-13-20)22(44-28)16-43-29(40)35-19-10-4-1-5-11-19/h17-22,24-25,28H,1-16H2,(H,35,40)(H,36,41)(H,37,42)(H,32,33,39)/t22-,24+,25-,28+/m0/s1. The van der Waals surface area contributed by atoms with E-state index in [0.29, 0.717) is 0 Å². The summed E-state index contributed by atoms with van der Waals surface area (Å²) in [4.78, 5) is 62.8. The summed E-state index contributed by atoms with van der Waals surface area (Å²) in [6, 6.07) is -0.0291. The highest BCUT2D eigenvalue weighted by molar-refractivity contribution is 5.71. The van der Waals surface area contributed by atoms with Crippen molar-refractivity contribution in [3.05, 3.63) is 23.0 Å². The molecule has 0 spiro atoms. The number of alkyl carbamates (subject to hydrolysis) is 3. The molecule has 4 N–H and O–H groups in total. The van der Waals surface area contributed by atoms with Crippen LogP contribution in [-0.2, 0) is 18.9 Å². The van der Waals surface area contributed by atoms with Gasteiger partial charge < -0.3 is 39.9 Å². The molecular formula is C31H45N7O8. The Balaban J connectivity index is 1.24. The number of nitrogens with zero attached hydrogens (tertiary/aromatic N) is 3. The summed E-state index contributed by atoms with van der Waals surface area (Å²) < 4.78 is 25.4. The van der Waals surface area contributed by atoms with E-state index in [0.717, 1.165) is 96.3 Å². The Morgan fingerprint density at radius 2 is 1.28 bits per heavy atom. The zero-order valence-corrected chi connectivity index (χ0v) is 26.1. The monoisotopic (exact) mass is 643 g/mol. The van der Waals surface area contributed by atoms with E-state index in [4.69, 9.17) is 18.9 Å². The number of hydrogen-bond acceptors (Lipinski definition) is 10. The predicted octanol–water partition coefficient (Wildman–Crippen LogP) is 3.93. The molecule has 0 bridgehead atoms. The molecule has 3 heterocycles. The normalized spacial score (nSPS) is 26.3. The maximum absolute atomic E-state index is 13.3. The summed E-state index contributed by atoms with van der Waals surface area (Å²) in [5.74, 6) is 0. The quantitative estimate of drug-likeness (QED) is 0.307. The Hall–Kier alpha value is -3.88. The number of aromatic amines is 1. The average Bonchev–Trinajstić information content (AvgIpc) is 3.63. The van der Waals surface area contributed by atoms with Gasteiger partial charge in [-0.25, -0.2) is 24.4 Å². The molecule has 4 fully saturated rings. The van der Waals surface area contributed by atoms with Crippen LogP contribution in [0.2, 0.25) is 0 Å². The summed E-state index contributed by atoms with van der Waals surface area (Å²) in [6.45, 7) is -0.277. The van der Waals surface area contributed by atoms with Gasteiger partial charge in [0.25, 0.3) is 5.56 Å². The number of aromatic nitrogens is 4. The minimum absolute atomic E-state index is 0.0298. The zero-order valence-electron chi connectivity index (χ0n) is 26.1. The molecule has 2 aromatic rings. The van der Waals surface area contributed by atoms with Gasteiger partial charge in [0.2, 0.25) is 0 Å². The van der Waals surface area contributed by atoms with E-state index in [2.05, 4.69) is 30.9 Å². The van der Waals surface area contributed by atoms with Gasteiger partial charge in [0, 0.05) is 18.1 Å². The molecule has 0 unspecified atom stereocenters. The second-order valence-electron chi connectivity index (χ2n) is 12.9. The molecule has 3 amide bonds. The molecule has 15 heteroatoms. The highest BCUT2D eigenvalue weighted by Gasteiger charge is 2.52. The maximum Gasteiger partial charge on any atom is 0.407 e. The van der Waals surface area contributed by atoms with E-state index in [1.165, 1.54) is 17.2 Å². The van der Waals surface area contributed by atoms with Crippen LogP contribution in [0.4, 0.5) is 14.4 Å². The van der Waals surface area contributed by atoms with Crippen molar-refractivity contribution in [1.29, 1.82) is 0 Å². The number of ether oxygens (including phenoxy) is 4. The van der Waals surface area contributed by atoms with Crippen molar-refractivity contribution in [2.75, 3.05) is 6.61 Å². The number of imidazole rings is 1. The third-order valence-electron chi connectivity index (χ3n) is 9.57. The van der Waals surface area contributed by atoms with Gasteiger partial charge in [-0.3, -0.25) is 9.36 Å². The van der Waals surface area contributed by atoms with Gasteiger partial charge in [-0.05, 0) is 38.5 Å². The molecule has 0 aromatic carbocycles. The van der Waals surface area contributed by atoms with E-state index >= 15 is 0 Å². The van der Waals surface area contributed by atoms with Crippen LogP contribution in [0.15, 0.2) is 17.4 Å². The fourth-order valence-corrected chi connectivity index (χ4v) is 7.14. The molecule has 4 aliphatic rings. The van der Waals surface area contributed by atoms with E-state index < -0.39 is 48.4 Å². The lowest BCUT2D eigenvalue weighted by atomic mass is 9.96. The summed E-state index contributed by atoms with van der Waals surface area (Å²) in [5.41, 5.74) is -0.194. The van der Waals surface area contributed by atoms with Gasteiger partial charge in [-0.2, -0.15) is 0 Å². The fourth-order valence-electron chi connectivity index (χ4n) is 7.14. The predicted molar refractivity (Wildman–Crippen MR) is 164 cm³/mol. The Labute approximate surface area is 266 Å². The molecule has 0 radical (unpaired) electrons. The van der Waals surface area contributed by atoms with Crippen LogP contribution in [0.3, 0.4) is 0 Å². The Morgan fingerprint density at radius 1 is 0.761 bits per heavy atom. The van der Waals surface area contributed by atoms with Crippen molar-refractivity contribution in [2.45, 2.75) is 139 Å². The summed E-state index contributed by atoms with van der Waals surface area (Å²) in [7, 11) is 0. The van der Waals surface area contributed by atoms with Gasteiger partial charge in [0.05, 0.1) is 12.7 Å². The molecule has 4 atom stereocenters. The molecule has 1 aliphatic heterocycles. The first kappa shape index (κ1) is 32.1. The first-order valence-corrected chi connectivity index (χ1v) is 16.9. The van der Waals surface area contributed by atoms with Crippen molar-refractivity contribution >= 4 is 29.4 Å². The summed E-state index contributed by atoms with van der Waals surface area (Å²) in [5, 5.41) is 8.80. The third-order valence-corrected chi connectivity index (χ3v) is 9.57. The van der Waals surface area contributed by atoms with Crippen LogP contribution >= 0.6 is 0 Å². The summed E-state index contributed by atoms with van der Waals surface area (Å²) >= 11 is 0. The van der Waals surface area contributed by atoms with E-state index in [9.17, 15) is 19.2 Å². The first-order valence-electron chi connectivity index (χ1n) is 16.9. The molecule has 2 aromatic heterocycles. The van der Waals surface area contributed by atoms with Crippen LogP contribution in [0, 0.1) is 0 Å². The number of H-pyrrole nitrogens is 1. The lowest BCUT2D eigenvalue weighted by molar-refractivity contribution is -0.0557. The minimum Gasteiger partial charge on any atom is -0.447 e. The number of amides is 3. The van der Waals surface area contributed by atoms with Crippen molar-refractivity contribution in [2.24, 2.45) is 0 Å². The second-order valence-corrected chi connectivity index (χ2v) is 12.9. The minimum atomic E-state index is -1.19. The number of hydrogen-bond donors (Lipinski definition) is 4. The number of nitrogens with one attached hydrogen (secondary N) is 4. The second kappa shape index (κ2) is 15.1. The molecule has 3 saturated carbocycles. The van der Waals surface area contributed by atoms with Gasteiger partial charge in [-0.1, -0.05) is 57.8 Å². The third kappa shape index (κ3) is 7.91. The number of fused-ring (bicyclic) bond motifs is 1. The SMILES string of the molecule is O=C(NC1CCCCC1)OC[C@@H]1O[C@@H](n2cnc3c(=O)[nH]cnc32)[C@@H](OC(=O)NC2CCCCC2)[C@@H]1OC(=O)NC1CCCCC1. The van der Waals surface area contributed by atoms with E-state index in [-0.39, 0.29) is 35.9 Å². The fraction of sp³-hybridized carbons (Fsp3) is 0.742. The molecule has 46 heavy (non-hydrogen) atoms. The van der Waals surface area contributed by atoms with Crippen LogP contribution in [0.1, 0.15) is 103 Å². The Bertz CT molecular complexity index is 1400. The van der Waals surface area contributed by atoms with E-state index in [1.54, 1.807) is 0 Å². The molecule has 15 nitrogen and oxygen atoms in total. The largest absolute Gasteiger partial charge is 0.447 e. The number of carbonyl (C=O) groups excluding carboxylic acids is 3. The maximum atomic E-state index is 13.3. The van der Waals surface area contributed by atoms with Crippen LogP contribution < -0.4 is 21.5 Å². The highest BCUT2D eigenvalue weighted by Crippen LogP contribution is 2.36. The molecule has 3 aliphatic carbocycles. The molecular weight excluding hydrogens is 598 g/mol. The van der Waals surface area contributed by atoms with Crippen molar-refractivity contribution in [1.82, 2.24) is 35.5 Å². The van der Waals surface area contributed by atoms with Crippen molar-refractivity contribution < 1.29 is 33.3 Å². The van der Waals surface area contributed by atoms with Crippen molar-refractivity contribution in [3.8, 4) is 0 Å². The topological polar surface area (TPSA) is 188 Å². The molecule has 252 valence electrons. The zero-order chi connectivity index (χ0) is 31.9. The lowest BCUT2D eigenvalue weighted by Gasteiger charge is -2.28. The average molecular weight is 644 g/mol. The first-order chi connectivity index (χ1) is 22.4. The van der Waals surface area contributed by atoms with Gasteiger partial charge in [0.15, 0.2) is 29.6 Å². The van der Waals surface area contributed by atoms with Crippen LogP contribution in [0.5, 0.6) is 0 Å². The number of rotatable bonds is 8. The summed E-state index contributed by atoms with van der Waals surface area (Å²) in [6.07, 6.45) is 10.9. The van der Waals surface area contributed by atoms with Gasteiger partial charge >= 0.3 is 18.3 Å². The van der Waals surface area contributed by atoms with Gasteiger partial charge in [-0.15, -0.1) is 0 Å². The van der Waals surface area contributed by atoms with Crippen LogP contribution in [-0.4, -0.2) is 80.8 Å². The highest BCUT2D eigenvalue weighted by atomic mass is 16.7. The van der Waals surface area contributed by atoms with Crippen LogP contribution in [0.25, 0.3) is 11.2 Å². The number of carbonyl (C=O) groups is 3. The van der Waals surface area contributed by atoms with Gasteiger partial charge in [0.1, 0.15) is 12.7 Å². The van der Waals surface area contributed by atoms with Crippen molar-refractivity contribution in [3.63, 3.8) is 0 Å². The Kier molecular flexibility index (Phi) is 10.6. The molecule has 1 saturated heterocycles.